The minimum atomic E-state index is 0. The van der Waals surface area contributed by atoms with Gasteiger partial charge in [-0.25, -0.2) is 0 Å². The van der Waals surface area contributed by atoms with E-state index in [2.05, 4.69) is 96.2 Å². The van der Waals surface area contributed by atoms with Crippen molar-refractivity contribution < 1.29 is 49.0 Å². The number of hydrogen-bond acceptors (Lipinski definition) is 0. The Balaban J connectivity index is 0.000000443. The number of benzene rings is 2. The van der Waals surface area contributed by atoms with Crippen LogP contribution < -0.4 is 24.8 Å². The van der Waals surface area contributed by atoms with Gasteiger partial charge in [-0.05, 0) is 11.8 Å². The first-order chi connectivity index (χ1) is 12.7. The molecule has 0 aliphatic heterocycles. The first-order valence-electron chi connectivity index (χ1n) is 9.87. The van der Waals surface area contributed by atoms with E-state index >= 15 is 0 Å². The van der Waals surface area contributed by atoms with Crippen LogP contribution in [0.2, 0.25) is 0 Å². The van der Waals surface area contributed by atoms with Crippen molar-refractivity contribution >= 4 is 3.21 Å². The molecule has 0 aromatic heterocycles. The van der Waals surface area contributed by atoms with Crippen LogP contribution in [-0.2, 0) is 30.7 Å². The molecule has 2 unspecified atom stereocenters. The van der Waals surface area contributed by atoms with Crippen LogP contribution in [-0.4, -0.2) is 3.21 Å². The summed E-state index contributed by atoms with van der Waals surface area (Å²) in [5.74, 6) is 1.44. The zero-order chi connectivity index (χ0) is 20.0. The summed E-state index contributed by atoms with van der Waals surface area (Å²) in [7, 11) is 0. The van der Waals surface area contributed by atoms with Crippen LogP contribution in [0.4, 0.5) is 0 Å². The van der Waals surface area contributed by atoms with E-state index < -0.39 is 0 Å². The Bertz CT molecular complexity index is 755. The SMILES string of the molecule is CC1[C-]=CC(C(C)(C)C)C1.C[C](C)=[Zr+2].[Cl-].[Cl-].[c-]1cccc2c1Cc1ccccc1-2. The second-order valence-electron chi connectivity index (χ2n) is 8.84. The van der Waals surface area contributed by atoms with Crippen molar-refractivity contribution in [1.29, 1.82) is 0 Å². The van der Waals surface area contributed by atoms with Gasteiger partial charge in [0.25, 0.3) is 0 Å². The maximum absolute atomic E-state index is 3.35. The summed E-state index contributed by atoms with van der Waals surface area (Å²) in [6.07, 6.45) is 7.95. The second-order valence-corrected chi connectivity index (χ2v) is 11.3. The third kappa shape index (κ3) is 9.04. The van der Waals surface area contributed by atoms with Crippen LogP contribution in [0.15, 0.2) is 48.5 Å². The van der Waals surface area contributed by atoms with Crippen LogP contribution >= 0.6 is 0 Å². The van der Waals surface area contributed by atoms with Crippen LogP contribution in [0, 0.1) is 29.4 Å². The van der Waals surface area contributed by atoms with Gasteiger partial charge >= 0.3 is 41.3 Å². The molecule has 156 valence electrons. The van der Waals surface area contributed by atoms with Crippen molar-refractivity contribution in [2.24, 2.45) is 17.3 Å². The van der Waals surface area contributed by atoms with E-state index in [0.29, 0.717) is 11.3 Å². The summed E-state index contributed by atoms with van der Waals surface area (Å²) in [5.41, 5.74) is 5.95. The van der Waals surface area contributed by atoms with E-state index in [4.69, 9.17) is 0 Å². The van der Waals surface area contributed by atoms with E-state index in [9.17, 15) is 0 Å². The molecule has 0 N–H and O–H groups in total. The molecule has 2 aromatic carbocycles. The van der Waals surface area contributed by atoms with E-state index in [0.717, 1.165) is 12.3 Å². The fraction of sp³-hybridized carbons (Fsp3) is 0.423. The molecule has 0 saturated carbocycles. The average molecular weight is 507 g/mol. The maximum atomic E-state index is 3.35. The number of rotatable bonds is 0. The topological polar surface area (TPSA) is 0 Å². The average Bonchev–Trinajstić information content (AvgIpc) is 3.18. The summed E-state index contributed by atoms with van der Waals surface area (Å²) < 4.78 is 1.51. The monoisotopic (exact) mass is 504 g/mol. The molecule has 0 spiro atoms. The van der Waals surface area contributed by atoms with Crippen molar-refractivity contribution in [2.75, 3.05) is 0 Å². The Morgan fingerprint density at radius 1 is 1.00 bits per heavy atom. The molecule has 0 saturated heterocycles. The molecule has 0 nitrogen and oxygen atoms in total. The van der Waals surface area contributed by atoms with Gasteiger partial charge in [-0.3, -0.25) is 6.08 Å². The van der Waals surface area contributed by atoms with Gasteiger partial charge in [-0.15, -0.1) is 5.56 Å². The van der Waals surface area contributed by atoms with Gasteiger partial charge in [0.2, 0.25) is 0 Å². The van der Waals surface area contributed by atoms with Crippen molar-refractivity contribution in [3.63, 3.8) is 0 Å². The Kier molecular flexibility index (Phi) is 12.8. The van der Waals surface area contributed by atoms with Gasteiger partial charge in [-0.1, -0.05) is 75.4 Å². The van der Waals surface area contributed by atoms with Crippen molar-refractivity contribution in [3.8, 4) is 11.1 Å². The number of fused-ring (bicyclic) bond motifs is 3. The number of hydrogen-bond donors (Lipinski definition) is 0. The molecule has 4 rings (SSSR count). The first-order valence-corrected chi connectivity index (χ1v) is 11.1. The molecule has 3 heteroatoms. The smallest absolute Gasteiger partial charge is 0.0253 e. The molecule has 2 aliphatic carbocycles. The molecule has 0 amide bonds. The van der Waals surface area contributed by atoms with Crippen molar-refractivity contribution in [3.05, 3.63) is 71.8 Å². The fourth-order valence-corrected chi connectivity index (χ4v) is 3.40. The summed E-state index contributed by atoms with van der Waals surface area (Å²) in [5, 5.41) is 0. The Labute approximate surface area is 205 Å². The Hall–Kier alpha value is -0.487. The van der Waals surface area contributed by atoms with Gasteiger partial charge in [0.1, 0.15) is 0 Å². The zero-order valence-corrected chi connectivity index (χ0v) is 22.4. The number of allylic oxidation sites excluding steroid dienone is 2. The maximum Gasteiger partial charge on any atom is -0.0253 e. The predicted molar refractivity (Wildman–Crippen MR) is 114 cm³/mol. The van der Waals surface area contributed by atoms with Crippen LogP contribution in [0.3, 0.4) is 0 Å². The molecule has 0 heterocycles. The molecular formula is C26H32Cl2Zr-2. The summed E-state index contributed by atoms with van der Waals surface area (Å²) in [6, 6.07) is 18.1. The summed E-state index contributed by atoms with van der Waals surface area (Å²) in [6.45, 7) is 13.4. The van der Waals surface area contributed by atoms with E-state index in [1.165, 1.54) is 31.9 Å². The molecule has 2 aliphatic rings. The van der Waals surface area contributed by atoms with E-state index in [1.807, 2.05) is 6.07 Å². The minimum absolute atomic E-state index is 0. The molecule has 2 atom stereocenters. The molecule has 29 heavy (non-hydrogen) atoms. The molecule has 0 fully saturated rings. The zero-order valence-electron chi connectivity index (χ0n) is 18.4. The van der Waals surface area contributed by atoms with Gasteiger partial charge in [-0.2, -0.15) is 35.7 Å². The Morgan fingerprint density at radius 2 is 1.59 bits per heavy atom. The molecule has 0 bridgehead atoms. The van der Waals surface area contributed by atoms with Crippen LogP contribution in [0.1, 0.15) is 59.1 Å². The van der Waals surface area contributed by atoms with E-state index in [1.54, 1.807) is 24.2 Å². The Morgan fingerprint density at radius 3 is 2.10 bits per heavy atom. The van der Waals surface area contributed by atoms with Crippen molar-refractivity contribution in [2.45, 2.75) is 54.4 Å². The normalized spacial score (nSPS) is 17.9. The molecular weight excluding hydrogens is 474 g/mol. The number of halogens is 2. The van der Waals surface area contributed by atoms with Gasteiger partial charge < -0.3 is 30.9 Å². The van der Waals surface area contributed by atoms with Gasteiger partial charge in [0.15, 0.2) is 0 Å². The quantitative estimate of drug-likeness (QED) is 0.397. The summed E-state index contributed by atoms with van der Waals surface area (Å²) >= 11 is 1.55. The summed E-state index contributed by atoms with van der Waals surface area (Å²) in [4.78, 5) is 0. The third-order valence-corrected chi connectivity index (χ3v) is 4.92. The second kappa shape index (κ2) is 13.0. The van der Waals surface area contributed by atoms with Gasteiger partial charge in [0, 0.05) is 0 Å². The molecule has 0 radical (unpaired) electrons. The van der Waals surface area contributed by atoms with E-state index in [-0.39, 0.29) is 24.8 Å². The third-order valence-electron chi connectivity index (χ3n) is 4.92. The van der Waals surface area contributed by atoms with Crippen molar-refractivity contribution in [1.82, 2.24) is 0 Å². The minimum Gasteiger partial charge on any atom is -1.00 e. The van der Waals surface area contributed by atoms with Gasteiger partial charge in [0.05, 0.1) is 0 Å². The largest absolute Gasteiger partial charge is 1.00 e. The predicted octanol–water partition coefficient (Wildman–Crippen LogP) is 0.859. The first kappa shape index (κ1) is 28.5. The van der Waals surface area contributed by atoms with Crippen LogP contribution in [0.5, 0.6) is 0 Å². The molecule has 2 aromatic rings. The fourth-order valence-electron chi connectivity index (χ4n) is 3.40. The standard InChI is InChI=1S/C13H9.C10H17.C3H6.2ClH.Zr/c1-3-7-12-10(5-1)9-11-6-2-4-8-13(11)12;1-8-5-6-9(7-8)10(2,3)4;1-3-2;;;/h1-5,7-8H,9H2;6,8-9H,7H2,1-4H3;1-2H3;2*1H;/q2*-1;;;;+2/p-2. The van der Waals surface area contributed by atoms with Crippen LogP contribution in [0.25, 0.3) is 11.1 Å².